The Morgan fingerprint density at radius 1 is 1.09 bits per heavy atom. The third-order valence-electron chi connectivity index (χ3n) is 5.94. The summed E-state index contributed by atoms with van der Waals surface area (Å²) in [5.74, 6) is -0.257. The highest BCUT2D eigenvalue weighted by Crippen LogP contribution is 2.39. The van der Waals surface area contributed by atoms with Crippen molar-refractivity contribution in [2.24, 2.45) is 5.92 Å². The summed E-state index contributed by atoms with van der Waals surface area (Å²) in [6, 6.07) is 11.4. The van der Waals surface area contributed by atoms with Crippen LogP contribution >= 0.6 is 0 Å². The molecule has 33 heavy (non-hydrogen) atoms. The smallest absolute Gasteiger partial charge is 0.240 e. The monoisotopic (exact) mass is 469 g/mol. The molecule has 1 aliphatic heterocycles. The Morgan fingerprint density at radius 3 is 2.55 bits per heavy atom. The van der Waals surface area contributed by atoms with Crippen molar-refractivity contribution in [3.63, 3.8) is 0 Å². The normalized spacial score (nSPS) is 17.5. The summed E-state index contributed by atoms with van der Waals surface area (Å²) in [6.07, 6.45) is 2.39. The first kappa shape index (κ1) is 23.1. The molecule has 2 aromatic carbocycles. The van der Waals surface area contributed by atoms with Crippen molar-refractivity contribution < 1.29 is 22.8 Å². The minimum atomic E-state index is -3.81. The number of fused-ring (bicyclic) bond motifs is 1. The number of benzene rings is 2. The van der Waals surface area contributed by atoms with Crippen LogP contribution in [0.2, 0.25) is 0 Å². The van der Waals surface area contributed by atoms with Gasteiger partial charge in [0, 0.05) is 41.9 Å². The average molecular weight is 470 g/mol. The van der Waals surface area contributed by atoms with Crippen LogP contribution in [-0.4, -0.2) is 38.6 Å². The summed E-state index contributed by atoms with van der Waals surface area (Å²) < 4.78 is 28.0. The second kappa shape index (κ2) is 9.07. The Balaban J connectivity index is 1.36. The molecule has 0 saturated heterocycles. The molecule has 2 amide bonds. The third kappa shape index (κ3) is 5.15. The van der Waals surface area contributed by atoms with Crippen LogP contribution in [0.15, 0.2) is 47.4 Å². The molecule has 174 valence electrons. The van der Waals surface area contributed by atoms with Gasteiger partial charge in [-0.25, -0.2) is 13.1 Å². The molecular formula is C24H27N3O5S. The summed E-state index contributed by atoms with van der Waals surface area (Å²) in [7, 11) is -3.81. The van der Waals surface area contributed by atoms with Gasteiger partial charge in [0.15, 0.2) is 5.78 Å². The molecule has 9 heteroatoms. The molecule has 1 fully saturated rings. The Morgan fingerprint density at radius 2 is 1.85 bits per heavy atom. The van der Waals surface area contributed by atoms with Crippen LogP contribution in [0.25, 0.3) is 0 Å². The number of ketones is 1. The number of anilines is 2. The Labute approximate surface area is 193 Å². The maximum absolute atomic E-state index is 12.7. The fourth-order valence-corrected chi connectivity index (χ4v) is 5.14. The van der Waals surface area contributed by atoms with E-state index in [2.05, 4.69) is 10.0 Å². The maximum Gasteiger partial charge on any atom is 0.240 e. The molecule has 2 N–H and O–H groups in total. The largest absolute Gasteiger partial charge is 0.326 e. The van der Waals surface area contributed by atoms with Gasteiger partial charge in [0.1, 0.15) is 0 Å². The van der Waals surface area contributed by atoms with Crippen molar-refractivity contribution in [3.05, 3.63) is 53.6 Å². The van der Waals surface area contributed by atoms with Gasteiger partial charge in [-0.3, -0.25) is 14.4 Å². The first-order valence-corrected chi connectivity index (χ1v) is 12.5. The van der Waals surface area contributed by atoms with Gasteiger partial charge in [-0.15, -0.1) is 0 Å². The lowest BCUT2D eigenvalue weighted by atomic mass is 10.1. The number of sulfonamides is 1. The van der Waals surface area contributed by atoms with Crippen molar-refractivity contribution in [3.8, 4) is 0 Å². The molecule has 1 saturated carbocycles. The van der Waals surface area contributed by atoms with E-state index in [0.29, 0.717) is 17.7 Å². The first-order valence-electron chi connectivity index (χ1n) is 11.0. The predicted molar refractivity (Wildman–Crippen MR) is 125 cm³/mol. The molecule has 0 aromatic heterocycles. The van der Waals surface area contributed by atoms with Crippen molar-refractivity contribution >= 4 is 39.0 Å². The van der Waals surface area contributed by atoms with E-state index >= 15 is 0 Å². The Bertz CT molecular complexity index is 1220. The zero-order valence-corrected chi connectivity index (χ0v) is 19.4. The summed E-state index contributed by atoms with van der Waals surface area (Å²) in [4.78, 5) is 38.2. The molecule has 0 bridgehead atoms. The quantitative estimate of drug-likeness (QED) is 0.578. The third-order valence-corrected chi connectivity index (χ3v) is 7.40. The van der Waals surface area contributed by atoms with E-state index in [1.165, 1.54) is 13.0 Å². The zero-order chi connectivity index (χ0) is 23.8. The number of rotatable bonds is 8. The van der Waals surface area contributed by atoms with E-state index in [1.807, 2.05) is 6.92 Å². The number of carbonyl (C=O) groups excluding carboxylic acids is 3. The molecule has 0 spiro atoms. The van der Waals surface area contributed by atoms with Gasteiger partial charge in [0.2, 0.25) is 21.8 Å². The number of amides is 2. The van der Waals surface area contributed by atoms with Gasteiger partial charge in [-0.2, -0.15) is 0 Å². The lowest BCUT2D eigenvalue weighted by Gasteiger charge is -2.22. The Hall–Kier alpha value is -3.04. The van der Waals surface area contributed by atoms with Gasteiger partial charge in [-0.05, 0) is 69.0 Å². The number of nitrogens with one attached hydrogen (secondary N) is 2. The number of hydrogen-bond donors (Lipinski definition) is 2. The molecular weight excluding hydrogens is 442 g/mol. The highest BCUT2D eigenvalue weighted by atomic mass is 32.2. The van der Waals surface area contributed by atoms with E-state index in [4.69, 9.17) is 0 Å². The number of carbonyl (C=O) groups is 3. The summed E-state index contributed by atoms with van der Waals surface area (Å²) in [5.41, 5.74) is 2.58. The highest BCUT2D eigenvalue weighted by Gasteiger charge is 2.39. The fourth-order valence-electron chi connectivity index (χ4n) is 4.06. The average Bonchev–Trinajstić information content (AvgIpc) is 3.55. The van der Waals surface area contributed by atoms with Crippen molar-refractivity contribution in [2.75, 3.05) is 16.8 Å². The van der Waals surface area contributed by atoms with Gasteiger partial charge in [0.25, 0.3) is 0 Å². The summed E-state index contributed by atoms with van der Waals surface area (Å²) >= 11 is 0. The number of nitrogens with zero attached hydrogens (tertiary/aromatic N) is 1. The van der Waals surface area contributed by atoms with Crippen LogP contribution in [0, 0.1) is 5.92 Å². The second-order valence-electron chi connectivity index (χ2n) is 8.66. The van der Waals surface area contributed by atoms with Crippen LogP contribution in [0.3, 0.4) is 0 Å². The summed E-state index contributed by atoms with van der Waals surface area (Å²) in [6.45, 7) is 3.34. The van der Waals surface area contributed by atoms with Crippen LogP contribution in [-0.2, 0) is 26.0 Å². The second-order valence-corrected chi connectivity index (χ2v) is 10.4. The maximum atomic E-state index is 12.7. The SMILES string of the molecule is CC(=O)c1cccc(NC(=O)CCNS(=O)(=O)c2ccc3c(c2)C[C@H](C)N3C(=O)C2CC2)c1. The van der Waals surface area contributed by atoms with E-state index in [-0.39, 0.29) is 47.4 Å². The van der Waals surface area contributed by atoms with Crippen molar-refractivity contribution in [1.82, 2.24) is 4.72 Å². The van der Waals surface area contributed by atoms with Crippen LogP contribution in [0.1, 0.15) is 49.0 Å². The molecule has 8 nitrogen and oxygen atoms in total. The minimum Gasteiger partial charge on any atom is -0.326 e. The van der Waals surface area contributed by atoms with E-state index < -0.39 is 10.0 Å². The molecule has 1 atom stereocenters. The van der Waals surface area contributed by atoms with E-state index in [1.54, 1.807) is 41.3 Å². The molecule has 4 rings (SSSR count). The predicted octanol–water partition coefficient (Wildman–Crippen LogP) is 2.88. The molecule has 1 aliphatic carbocycles. The lowest BCUT2D eigenvalue weighted by molar-refractivity contribution is -0.120. The van der Waals surface area contributed by atoms with Gasteiger partial charge in [0.05, 0.1) is 4.90 Å². The standard InChI is InChI=1S/C24H27N3O5S/c1-15-12-19-14-21(8-9-22(19)27(15)24(30)17-6-7-17)33(31,32)25-11-10-23(29)26-20-5-3-4-18(13-20)16(2)28/h3-5,8-9,13-15,17,25H,6-7,10-12H2,1-2H3,(H,26,29)/t15-/m0/s1. The topological polar surface area (TPSA) is 113 Å². The van der Waals surface area contributed by atoms with Gasteiger partial charge >= 0.3 is 0 Å². The van der Waals surface area contributed by atoms with E-state index in [0.717, 1.165) is 24.1 Å². The summed E-state index contributed by atoms with van der Waals surface area (Å²) in [5, 5.41) is 2.67. The molecule has 1 heterocycles. The number of Topliss-reactive ketones (excluding diaryl/α,β-unsaturated/α-hetero) is 1. The molecule has 2 aliphatic rings. The van der Waals surface area contributed by atoms with Crippen LogP contribution in [0.5, 0.6) is 0 Å². The number of hydrogen-bond acceptors (Lipinski definition) is 5. The fraction of sp³-hybridized carbons (Fsp3) is 0.375. The van der Waals surface area contributed by atoms with Crippen LogP contribution in [0.4, 0.5) is 11.4 Å². The minimum absolute atomic E-state index is 0.00390. The zero-order valence-electron chi connectivity index (χ0n) is 18.6. The lowest BCUT2D eigenvalue weighted by Crippen LogP contribution is -2.36. The molecule has 2 aromatic rings. The van der Waals surface area contributed by atoms with Gasteiger partial charge < -0.3 is 10.2 Å². The highest BCUT2D eigenvalue weighted by molar-refractivity contribution is 7.89. The Kier molecular flexibility index (Phi) is 6.36. The van der Waals surface area contributed by atoms with Crippen molar-refractivity contribution in [2.45, 2.75) is 50.5 Å². The first-order chi connectivity index (χ1) is 15.7. The molecule has 0 unspecified atom stereocenters. The van der Waals surface area contributed by atoms with Crippen LogP contribution < -0.4 is 14.9 Å². The van der Waals surface area contributed by atoms with Crippen molar-refractivity contribution in [1.29, 1.82) is 0 Å². The molecule has 0 radical (unpaired) electrons. The van der Waals surface area contributed by atoms with E-state index in [9.17, 15) is 22.8 Å². The van der Waals surface area contributed by atoms with Gasteiger partial charge in [-0.1, -0.05) is 12.1 Å².